The first-order chi connectivity index (χ1) is 8.19. The standard InChI is InChI=1S/C13H28N2OS/c1-4-15(5-2)10-12(16)9-14-11-6-7-13(8-11)17-3/h11-14,16H,4-10H2,1-3H3. The van der Waals surface area contributed by atoms with E-state index in [4.69, 9.17) is 0 Å². The highest BCUT2D eigenvalue weighted by molar-refractivity contribution is 7.99. The van der Waals surface area contributed by atoms with Crippen molar-refractivity contribution in [2.45, 2.75) is 50.5 Å². The van der Waals surface area contributed by atoms with Crippen LogP contribution in [0.4, 0.5) is 0 Å². The van der Waals surface area contributed by atoms with Crippen LogP contribution in [0.15, 0.2) is 0 Å². The van der Waals surface area contributed by atoms with Crippen LogP contribution >= 0.6 is 11.8 Å². The molecule has 2 N–H and O–H groups in total. The van der Waals surface area contributed by atoms with Gasteiger partial charge in [0.05, 0.1) is 6.10 Å². The van der Waals surface area contributed by atoms with Gasteiger partial charge < -0.3 is 15.3 Å². The van der Waals surface area contributed by atoms with Crippen LogP contribution in [0, 0.1) is 0 Å². The molecule has 3 unspecified atom stereocenters. The lowest BCUT2D eigenvalue weighted by Gasteiger charge is -2.23. The highest BCUT2D eigenvalue weighted by Gasteiger charge is 2.23. The number of hydrogen-bond donors (Lipinski definition) is 2. The number of hydrogen-bond acceptors (Lipinski definition) is 4. The Hall–Kier alpha value is 0.230. The Labute approximate surface area is 110 Å². The van der Waals surface area contributed by atoms with Gasteiger partial charge in [-0.2, -0.15) is 11.8 Å². The van der Waals surface area contributed by atoms with E-state index in [1.54, 1.807) is 0 Å². The molecule has 102 valence electrons. The lowest BCUT2D eigenvalue weighted by Crippen LogP contribution is -2.41. The first-order valence-corrected chi connectivity index (χ1v) is 8.14. The lowest BCUT2D eigenvalue weighted by atomic mass is 10.2. The molecular formula is C13H28N2OS. The molecule has 0 heterocycles. The molecule has 3 atom stereocenters. The van der Waals surface area contributed by atoms with Crippen molar-refractivity contribution in [3.63, 3.8) is 0 Å². The summed E-state index contributed by atoms with van der Waals surface area (Å²) in [7, 11) is 0. The van der Waals surface area contributed by atoms with Gasteiger partial charge in [-0.3, -0.25) is 0 Å². The summed E-state index contributed by atoms with van der Waals surface area (Å²) in [5, 5.41) is 14.3. The predicted molar refractivity (Wildman–Crippen MR) is 76.7 cm³/mol. The summed E-state index contributed by atoms with van der Waals surface area (Å²) >= 11 is 1.98. The van der Waals surface area contributed by atoms with E-state index >= 15 is 0 Å². The molecule has 0 aliphatic heterocycles. The van der Waals surface area contributed by atoms with E-state index in [0.717, 1.165) is 31.4 Å². The number of aliphatic hydroxyl groups is 1. The monoisotopic (exact) mass is 260 g/mol. The molecule has 0 aromatic heterocycles. The molecule has 1 fully saturated rings. The Morgan fingerprint density at radius 2 is 2.06 bits per heavy atom. The van der Waals surface area contributed by atoms with Gasteiger partial charge in [-0.25, -0.2) is 0 Å². The zero-order valence-corrected chi connectivity index (χ0v) is 12.3. The number of thioether (sulfide) groups is 1. The maximum absolute atomic E-state index is 9.96. The minimum Gasteiger partial charge on any atom is -0.390 e. The van der Waals surface area contributed by atoms with Gasteiger partial charge in [0, 0.05) is 24.4 Å². The van der Waals surface area contributed by atoms with Crippen LogP contribution in [0.3, 0.4) is 0 Å². The molecule has 0 aromatic rings. The van der Waals surface area contributed by atoms with E-state index in [1.807, 2.05) is 11.8 Å². The summed E-state index contributed by atoms with van der Waals surface area (Å²) < 4.78 is 0. The molecule has 0 spiro atoms. The van der Waals surface area contributed by atoms with E-state index in [0.29, 0.717) is 6.04 Å². The van der Waals surface area contributed by atoms with Crippen LogP contribution in [-0.2, 0) is 0 Å². The van der Waals surface area contributed by atoms with Crippen molar-refractivity contribution in [3.05, 3.63) is 0 Å². The maximum atomic E-state index is 9.96. The van der Waals surface area contributed by atoms with Crippen molar-refractivity contribution in [3.8, 4) is 0 Å². The summed E-state index contributed by atoms with van der Waals surface area (Å²) in [4.78, 5) is 2.27. The Morgan fingerprint density at radius 3 is 2.59 bits per heavy atom. The van der Waals surface area contributed by atoms with Gasteiger partial charge in [0.1, 0.15) is 0 Å². The second-order valence-electron chi connectivity index (χ2n) is 4.92. The largest absolute Gasteiger partial charge is 0.390 e. The minimum absolute atomic E-state index is 0.233. The second-order valence-corrected chi connectivity index (χ2v) is 6.05. The van der Waals surface area contributed by atoms with E-state index < -0.39 is 0 Å². The lowest BCUT2D eigenvalue weighted by molar-refractivity contribution is 0.114. The van der Waals surface area contributed by atoms with E-state index in [9.17, 15) is 5.11 Å². The Bertz CT molecular complexity index is 200. The highest BCUT2D eigenvalue weighted by atomic mass is 32.2. The fraction of sp³-hybridized carbons (Fsp3) is 1.00. The first-order valence-electron chi connectivity index (χ1n) is 6.86. The van der Waals surface area contributed by atoms with Crippen LogP contribution in [0.5, 0.6) is 0 Å². The number of aliphatic hydroxyl groups excluding tert-OH is 1. The number of nitrogens with zero attached hydrogens (tertiary/aromatic N) is 1. The first kappa shape index (κ1) is 15.3. The molecule has 0 radical (unpaired) electrons. The van der Waals surface area contributed by atoms with Crippen LogP contribution in [0.25, 0.3) is 0 Å². The maximum Gasteiger partial charge on any atom is 0.0791 e. The summed E-state index contributed by atoms with van der Waals surface area (Å²) in [5.41, 5.74) is 0. The zero-order valence-electron chi connectivity index (χ0n) is 11.5. The van der Waals surface area contributed by atoms with Crippen LogP contribution in [0.1, 0.15) is 33.1 Å². The Balaban J connectivity index is 2.13. The molecule has 1 rings (SSSR count). The molecule has 17 heavy (non-hydrogen) atoms. The van der Waals surface area contributed by atoms with Crippen LogP contribution in [-0.4, -0.2) is 59.8 Å². The Kier molecular flexibility index (Phi) is 7.51. The zero-order chi connectivity index (χ0) is 12.7. The molecule has 1 aliphatic carbocycles. The van der Waals surface area contributed by atoms with Crippen molar-refractivity contribution in [1.29, 1.82) is 0 Å². The average Bonchev–Trinajstić information content (AvgIpc) is 2.81. The molecule has 1 saturated carbocycles. The minimum atomic E-state index is -0.233. The average molecular weight is 260 g/mol. The van der Waals surface area contributed by atoms with Gasteiger partial charge in [-0.05, 0) is 38.6 Å². The van der Waals surface area contributed by atoms with Gasteiger partial charge in [0.25, 0.3) is 0 Å². The van der Waals surface area contributed by atoms with E-state index in [2.05, 4.69) is 30.3 Å². The van der Waals surface area contributed by atoms with Gasteiger partial charge in [0.15, 0.2) is 0 Å². The Morgan fingerprint density at radius 1 is 1.35 bits per heavy atom. The third-order valence-electron chi connectivity index (χ3n) is 3.72. The van der Waals surface area contributed by atoms with Crippen molar-refractivity contribution in [2.24, 2.45) is 0 Å². The predicted octanol–water partition coefficient (Wildman–Crippen LogP) is 1.56. The van der Waals surface area contributed by atoms with E-state index in [-0.39, 0.29) is 6.10 Å². The summed E-state index contributed by atoms with van der Waals surface area (Å²) in [6.45, 7) is 7.85. The third-order valence-corrected chi connectivity index (χ3v) is 4.82. The molecule has 0 saturated heterocycles. The molecule has 3 nitrogen and oxygen atoms in total. The van der Waals surface area contributed by atoms with Crippen LogP contribution < -0.4 is 5.32 Å². The van der Waals surface area contributed by atoms with Crippen molar-refractivity contribution in [1.82, 2.24) is 10.2 Å². The molecule has 0 aromatic carbocycles. The van der Waals surface area contributed by atoms with Gasteiger partial charge >= 0.3 is 0 Å². The molecule has 1 aliphatic rings. The molecule has 4 heteroatoms. The fourth-order valence-corrected chi connectivity index (χ4v) is 3.28. The third kappa shape index (κ3) is 5.60. The summed E-state index contributed by atoms with van der Waals surface area (Å²) in [6, 6.07) is 0.624. The van der Waals surface area contributed by atoms with Crippen molar-refractivity contribution < 1.29 is 5.11 Å². The van der Waals surface area contributed by atoms with Crippen molar-refractivity contribution in [2.75, 3.05) is 32.4 Å². The quantitative estimate of drug-likeness (QED) is 0.694. The normalized spacial score (nSPS) is 26.6. The topological polar surface area (TPSA) is 35.5 Å². The van der Waals surface area contributed by atoms with Crippen LogP contribution in [0.2, 0.25) is 0 Å². The summed E-state index contributed by atoms with van der Waals surface area (Å²) in [6.07, 6.45) is 5.82. The number of likely N-dealkylation sites (N-methyl/N-ethyl adjacent to an activating group) is 1. The van der Waals surface area contributed by atoms with E-state index in [1.165, 1.54) is 19.3 Å². The summed E-state index contributed by atoms with van der Waals surface area (Å²) in [5.74, 6) is 0. The fourth-order valence-electron chi connectivity index (χ4n) is 2.49. The SMILES string of the molecule is CCN(CC)CC(O)CNC1CCC(SC)C1. The molecule has 0 amide bonds. The van der Waals surface area contributed by atoms with Gasteiger partial charge in [0.2, 0.25) is 0 Å². The molecular weight excluding hydrogens is 232 g/mol. The smallest absolute Gasteiger partial charge is 0.0791 e. The number of nitrogens with one attached hydrogen (secondary N) is 1. The highest BCUT2D eigenvalue weighted by Crippen LogP contribution is 2.27. The van der Waals surface area contributed by atoms with Gasteiger partial charge in [-0.1, -0.05) is 13.8 Å². The number of rotatable bonds is 8. The second kappa shape index (κ2) is 8.35. The van der Waals surface area contributed by atoms with Crippen molar-refractivity contribution >= 4 is 11.8 Å². The van der Waals surface area contributed by atoms with Gasteiger partial charge in [-0.15, -0.1) is 0 Å². The molecule has 0 bridgehead atoms.